The number of halogens is 1. The predicted octanol–water partition coefficient (Wildman–Crippen LogP) is 4.89. The van der Waals surface area contributed by atoms with E-state index in [9.17, 15) is 9.50 Å². The maximum Gasteiger partial charge on any atom is 0.225 e. The normalized spacial score (nSPS) is 10.8. The van der Waals surface area contributed by atoms with Crippen LogP contribution in [0.1, 0.15) is 5.56 Å². The molecule has 3 N–H and O–H groups in total. The van der Waals surface area contributed by atoms with Crippen molar-refractivity contribution in [2.45, 2.75) is 6.54 Å². The molecule has 7 heteroatoms. The van der Waals surface area contributed by atoms with E-state index in [4.69, 9.17) is 0 Å². The largest absolute Gasteiger partial charge is 0.508 e. The molecule has 0 aliphatic rings. The lowest BCUT2D eigenvalue weighted by Crippen LogP contribution is -2.06. The lowest BCUT2D eigenvalue weighted by molar-refractivity contribution is 0.475. The molecule has 26 heavy (non-hydrogen) atoms. The number of nitrogens with one attached hydrogen (secondary N) is 2. The molecule has 0 bridgehead atoms. The van der Waals surface area contributed by atoms with E-state index in [1.807, 2.05) is 12.1 Å². The van der Waals surface area contributed by atoms with Gasteiger partial charge in [0.05, 0.1) is 6.20 Å². The minimum atomic E-state index is -0.570. The molecule has 0 atom stereocenters. The fourth-order valence-corrected chi connectivity index (χ4v) is 3.57. The molecule has 0 unspecified atom stereocenters. The highest BCUT2D eigenvalue weighted by molar-refractivity contribution is 7.17. The number of aromatic nitrogens is 2. The van der Waals surface area contributed by atoms with E-state index < -0.39 is 5.82 Å². The molecular weight excluding hydrogens is 351 g/mol. The Balaban J connectivity index is 1.52. The van der Waals surface area contributed by atoms with Gasteiger partial charge in [0.15, 0.2) is 11.6 Å². The van der Waals surface area contributed by atoms with Crippen LogP contribution in [0, 0.1) is 5.82 Å². The maximum atomic E-state index is 14.0. The minimum absolute atomic E-state index is 0.0447. The zero-order valence-electron chi connectivity index (χ0n) is 13.6. The fourth-order valence-electron chi connectivity index (χ4n) is 2.60. The van der Waals surface area contributed by atoms with Gasteiger partial charge in [-0.1, -0.05) is 24.3 Å². The summed E-state index contributed by atoms with van der Waals surface area (Å²) in [6.45, 7) is 0.543. The lowest BCUT2D eigenvalue weighted by atomic mass is 10.2. The number of phenols is 1. The van der Waals surface area contributed by atoms with E-state index in [0.29, 0.717) is 18.2 Å². The van der Waals surface area contributed by atoms with Crippen molar-refractivity contribution in [3.05, 3.63) is 71.5 Å². The second kappa shape index (κ2) is 6.97. The Kier molecular flexibility index (Phi) is 4.37. The maximum absolute atomic E-state index is 14.0. The molecule has 2 aromatic carbocycles. The van der Waals surface area contributed by atoms with Gasteiger partial charge in [0.1, 0.15) is 5.75 Å². The first-order valence-electron chi connectivity index (χ1n) is 7.96. The number of rotatable bonds is 5. The van der Waals surface area contributed by atoms with Gasteiger partial charge in [-0.2, -0.15) is 4.98 Å². The van der Waals surface area contributed by atoms with Crippen LogP contribution in [0.5, 0.6) is 5.75 Å². The molecule has 0 saturated heterocycles. The zero-order valence-corrected chi connectivity index (χ0v) is 14.4. The van der Waals surface area contributed by atoms with Crippen molar-refractivity contribution in [3.8, 4) is 5.75 Å². The second-order valence-electron chi connectivity index (χ2n) is 5.68. The van der Waals surface area contributed by atoms with Gasteiger partial charge in [-0.15, -0.1) is 11.3 Å². The highest BCUT2D eigenvalue weighted by atomic mass is 32.1. The number of benzene rings is 2. The Morgan fingerprint density at radius 3 is 2.88 bits per heavy atom. The van der Waals surface area contributed by atoms with Crippen LogP contribution in [-0.4, -0.2) is 15.1 Å². The highest BCUT2D eigenvalue weighted by Gasteiger charge is 2.09. The molecule has 0 aliphatic carbocycles. The van der Waals surface area contributed by atoms with Crippen LogP contribution in [0.15, 0.2) is 60.1 Å². The Hall–Kier alpha value is -3.19. The van der Waals surface area contributed by atoms with Crippen molar-refractivity contribution in [2.75, 3.05) is 10.6 Å². The number of nitrogens with zero attached hydrogens (tertiary/aromatic N) is 2. The van der Waals surface area contributed by atoms with E-state index in [1.54, 1.807) is 29.5 Å². The van der Waals surface area contributed by atoms with Crippen LogP contribution >= 0.6 is 11.3 Å². The predicted molar refractivity (Wildman–Crippen MR) is 103 cm³/mol. The third-order valence-electron chi connectivity index (χ3n) is 3.85. The number of aromatic hydroxyl groups is 1. The van der Waals surface area contributed by atoms with Crippen molar-refractivity contribution in [2.24, 2.45) is 0 Å². The van der Waals surface area contributed by atoms with Gasteiger partial charge in [-0.25, -0.2) is 9.37 Å². The van der Waals surface area contributed by atoms with Crippen molar-refractivity contribution >= 4 is 38.9 Å². The third-order valence-corrected chi connectivity index (χ3v) is 4.86. The van der Waals surface area contributed by atoms with Crippen LogP contribution in [0.2, 0.25) is 0 Å². The monoisotopic (exact) mass is 366 g/mol. The lowest BCUT2D eigenvalue weighted by Gasteiger charge is -2.09. The van der Waals surface area contributed by atoms with Gasteiger partial charge in [-0.3, -0.25) is 0 Å². The summed E-state index contributed by atoms with van der Waals surface area (Å²) in [5, 5.41) is 18.8. The quantitative estimate of drug-likeness (QED) is 0.469. The molecular formula is C19H15FN4OS. The molecule has 0 spiro atoms. The van der Waals surface area contributed by atoms with Crippen LogP contribution in [0.25, 0.3) is 10.1 Å². The summed E-state index contributed by atoms with van der Waals surface area (Å²) < 4.78 is 15.2. The summed E-state index contributed by atoms with van der Waals surface area (Å²) in [5.41, 5.74) is 1.68. The van der Waals surface area contributed by atoms with E-state index in [2.05, 4.69) is 38.1 Å². The number of hydrogen-bond acceptors (Lipinski definition) is 6. The Bertz CT molecular complexity index is 1070. The number of fused-ring (bicyclic) bond motifs is 1. The van der Waals surface area contributed by atoms with Crippen LogP contribution in [0.3, 0.4) is 0 Å². The van der Waals surface area contributed by atoms with Gasteiger partial charge in [0.2, 0.25) is 5.95 Å². The molecule has 0 radical (unpaired) electrons. The molecule has 4 rings (SSSR count). The Labute approximate surface area is 153 Å². The molecule has 5 nitrogen and oxygen atoms in total. The Morgan fingerprint density at radius 2 is 2.00 bits per heavy atom. The number of thiophene rings is 1. The molecule has 2 heterocycles. The van der Waals surface area contributed by atoms with Gasteiger partial charge < -0.3 is 15.7 Å². The summed E-state index contributed by atoms with van der Waals surface area (Å²) >= 11 is 1.68. The van der Waals surface area contributed by atoms with E-state index >= 15 is 0 Å². The second-order valence-corrected chi connectivity index (χ2v) is 6.59. The molecule has 2 aromatic heterocycles. The molecule has 0 saturated carbocycles. The topological polar surface area (TPSA) is 70.1 Å². The highest BCUT2D eigenvalue weighted by Crippen LogP contribution is 2.26. The average Bonchev–Trinajstić information content (AvgIpc) is 3.06. The van der Waals surface area contributed by atoms with Gasteiger partial charge >= 0.3 is 0 Å². The third kappa shape index (κ3) is 3.43. The number of anilines is 3. The zero-order chi connectivity index (χ0) is 17.9. The van der Waals surface area contributed by atoms with Crippen LogP contribution in [-0.2, 0) is 6.54 Å². The average molecular weight is 366 g/mol. The number of phenolic OH excluding ortho intramolecular Hbond substituents is 1. The summed E-state index contributed by atoms with van der Waals surface area (Å²) in [6, 6.07) is 14.6. The smallest absolute Gasteiger partial charge is 0.225 e. The molecule has 0 aliphatic heterocycles. The van der Waals surface area contributed by atoms with Crippen molar-refractivity contribution in [3.63, 3.8) is 0 Å². The SMILES string of the molecule is Oc1cccc(Nc2nc(NCc3csc4ccccc34)ncc2F)c1. The van der Waals surface area contributed by atoms with Crippen molar-refractivity contribution in [1.82, 2.24) is 9.97 Å². The van der Waals surface area contributed by atoms with Crippen LogP contribution in [0.4, 0.5) is 21.8 Å². The molecule has 130 valence electrons. The molecule has 0 fully saturated rings. The summed E-state index contributed by atoms with van der Waals surface area (Å²) in [5.74, 6) is -0.111. The van der Waals surface area contributed by atoms with Crippen LogP contribution < -0.4 is 10.6 Å². The van der Waals surface area contributed by atoms with Crippen molar-refractivity contribution in [1.29, 1.82) is 0 Å². The summed E-state index contributed by atoms with van der Waals surface area (Å²) in [7, 11) is 0. The van der Waals surface area contributed by atoms with E-state index in [0.717, 1.165) is 11.8 Å². The first-order chi connectivity index (χ1) is 12.7. The first-order valence-corrected chi connectivity index (χ1v) is 8.84. The molecule has 0 amide bonds. The van der Waals surface area contributed by atoms with Gasteiger partial charge in [0, 0.05) is 23.0 Å². The van der Waals surface area contributed by atoms with Crippen molar-refractivity contribution < 1.29 is 9.50 Å². The fraction of sp³-hybridized carbons (Fsp3) is 0.0526. The minimum Gasteiger partial charge on any atom is -0.508 e. The Morgan fingerprint density at radius 1 is 1.12 bits per heavy atom. The standard InChI is InChI=1S/C19H15FN4OS/c20-16-10-22-19(24-18(16)23-13-4-3-5-14(25)8-13)21-9-12-11-26-17-7-2-1-6-15(12)17/h1-8,10-11,25H,9H2,(H2,21,22,23,24). The first kappa shape index (κ1) is 16.3. The van der Waals surface area contributed by atoms with Gasteiger partial charge in [-0.05, 0) is 34.5 Å². The summed E-state index contributed by atoms with van der Waals surface area (Å²) in [4.78, 5) is 8.18. The van der Waals surface area contributed by atoms with E-state index in [-0.39, 0.29) is 11.6 Å². The molecule has 4 aromatic rings. The van der Waals surface area contributed by atoms with E-state index in [1.165, 1.54) is 16.2 Å². The summed E-state index contributed by atoms with van der Waals surface area (Å²) in [6.07, 6.45) is 1.12. The van der Waals surface area contributed by atoms with Gasteiger partial charge in [0.25, 0.3) is 0 Å². The number of hydrogen-bond donors (Lipinski definition) is 3.